The highest BCUT2D eigenvalue weighted by atomic mass is 16.2. The largest absolute Gasteiger partial charge is 0.272 e. The van der Waals surface area contributed by atoms with Crippen LogP contribution in [0.5, 0.6) is 0 Å². The van der Waals surface area contributed by atoms with Crippen LogP contribution < -0.4 is 10.0 Å². The Labute approximate surface area is 157 Å². The summed E-state index contributed by atoms with van der Waals surface area (Å²) in [5.74, 6) is -1.03. The van der Waals surface area contributed by atoms with Crippen molar-refractivity contribution in [3.05, 3.63) is 60.7 Å². The fourth-order valence-corrected chi connectivity index (χ4v) is 3.49. The number of nitrogens with zero attached hydrogens (tertiary/aromatic N) is 4. The second-order valence-electron chi connectivity index (χ2n) is 6.79. The summed E-state index contributed by atoms with van der Waals surface area (Å²) < 4.78 is 0. The first kappa shape index (κ1) is 17.1. The van der Waals surface area contributed by atoms with Gasteiger partial charge in [0.2, 0.25) is 0 Å². The first-order chi connectivity index (χ1) is 13.1. The molecule has 4 rings (SSSR count). The van der Waals surface area contributed by atoms with Gasteiger partial charge in [0.15, 0.2) is 0 Å². The molecule has 27 heavy (non-hydrogen) atoms. The minimum atomic E-state index is -0.417. The molecule has 0 aliphatic carbocycles. The number of rotatable bonds is 4. The number of hydrazone groups is 2. The lowest BCUT2D eigenvalue weighted by atomic mass is 9.88. The number of hydrogen-bond acceptors (Lipinski definition) is 4. The van der Waals surface area contributed by atoms with Crippen LogP contribution >= 0.6 is 0 Å². The number of hydrogen-bond donors (Lipinski definition) is 0. The molecule has 136 valence electrons. The maximum Gasteiger partial charge on any atom is 0.256 e. The normalized spacial score (nSPS) is 22.3. The fourth-order valence-electron chi connectivity index (χ4n) is 3.49. The Hall–Kier alpha value is -3.28. The van der Waals surface area contributed by atoms with E-state index in [4.69, 9.17) is 0 Å². The van der Waals surface area contributed by atoms with E-state index in [2.05, 4.69) is 10.2 Å². The summed E-state index contributed by atoms with van der Waals surface area (Å²) >= 11 is 0. The van der Waals surface area contributed by atoms with Crippen LogP contribution in [-0.4, -0.2) is 23.2 Å². The summed E-state index contributed by atoms with van der Waals surface area (Å²) in [4.78, 5) is 25.8. The Bertz CT molecular complexity index is 860. The summed E-state index contributed by atoms with van der Waals surface area (Å²) in [5, 5.41) is 11.7. The number of carbonyl (C=O) groups excluding carboxylic acids is 2. The van der Waals surface area contributed by atoms with Gasteiger partial charge in [-0.3, -0.25) is 9.59 Å². The minimum Gasteiger partial charge on any atom is -0.272 e. The molecule has 0 radical (unpaired) electrons. The average Bonchev–Trinajstić information content (AvgIpc) is 3.14. The maximum atomic E-state index is 12.9. The summed E-state index contributed by atoms with van der Waals surface area (Å²) in [6.07, 6.45) is 0.384. The summed E-state index contributed by atoms with van der Waals surface area (Å²) in [6, 6.07) is 18.7. The van der Waals surface area contributed by atoms with E-state index in [9.17, 15) is 9.59 Å². The molecule has 0 N–H and O–H groups in total. The standard InChI is InChI=1S/C21H20N4O2/c1-14-18(20(26)24(22-14)16-9-5-3-6-10-16)13-19-15(2)23-25(21(19)27)17-11-7-4-8-12-17/h3-12,18-19H,13H2,1-2H3. The predicted molar refractivity (Wildman–Crippen MR) is 106 cm³/mol. The average molecular weight is 360 g/mol. The van der Waals surface area contributed by atoms with Crippen LogP contribution in [0, 0.1) is 11.8 Å². The minimum absolute atomic E-state index is 0.0996. The van der Waals surface area contributed by atoms with E-state index in [1.165, 1.54) is 10.0 Å². The smallest absolute Gasteiger partial charge is 0.256 e. The van der Waals surface area contributed by atoms with Crippen LogP contribution in [0.4, 0.5) is 11.4 Å². The third-order valence-electron chi connectivity index (χ3n) is 5.01. The molecule has 2 amide bonds. The molecule has 2 atom stereocenters. The fraction of sp³-hybridized carbons (Fsp3) is 0.238. The van der Waals surface area contributed by atoms with Crippen molar-refractivity contribution in [2.24, 2.45) is 22.0 Å². The highest BCUT2D eigenvalue weighted by Crippen LogP contribution is 2.32. The van der Waals surface area contributed by atoms with Gasteiger partial charge in [-0.25, -0.2) is 10.0 Å². The number of amides is 2. The number of anilines is 2. The SMILES string of the molecule is CC1=NN(c2ccccc2)C(=O)C1CC1C(=O)N(c2ccccc2)N=C1C. The lowest BCUT2D eigenvalue weighted by molar-refractivity contribution is -0.121. The quantitative estimate of drug-likeness (QED) is 0.838. The molecule has 0 aromatic heterocycles. The maximum absolute atomic E-state index is 12.9. The van der Waals surface area contributed by atoms with Crippen molar-refractivity contribution in [1.82, 2.24) is 0 Å². The summed E-state index contributed by atoms with van der Waals surface area (Å²) in [6.45, 7) is 3.68. The van der Waals surface area contributed by atoms with Crippen LogP contribution in [0.2, 0.25) is 0 Å². The molecule has 0 saturated carbocycles. The Balaban J connectivity index is 1.53. The summed E-state index contributed by atoms with van der Waals surface area (Å²) in [5.41, 5.74) is 2.92. The van der Waals surface area contributed by atoms with Gasteiger partial charge in [-0.05, 0) is 44.5 Å². The van der Waals surface area contributed by atoms with Gasteiger partial charge in [-0.1, -0.05) is 36.4 Å². The molecule has 6 heteroatoms. The molecule has 2 aliphatic rings. The molecule has 0 fully saturated rings. The highest BCUT2D eigenvalue weighted by Gasteiger charge is 2.42. The van der Waals surface area contributed by atoms with E-state index < -0.39 is 11.8 Å². The van der Waals surface area contributed by atoms with Gasteiger partial charge in [-0.15, -0.1) is 0 Å². The Morgan fingerprint density at radius 3 is 1.44 bits per heavy atom. The first-order valence-corrected chi connectivity index (χ1v) is 8.94. The van der Waals surface area contributed by atoms with Crippen molar-refractivity contribution < 1.29 is 9.59 Å². The Morgan fingerprint density at radius 2 is 1.07 bits per heavy atom. The molecular formula is C21H20N4O2. The molecule has 0 bridgehead atoms. The van der Waals surface area contributed by atoms with Crippen LogP contribution in [0.3, 0.4) is 0 Å². The van der Waals surface area contributed by atoms with E-state index in [1.807, 2.05) is 74.5 Å². The molecule has 2 aliphatic heterocycles. The molecule has 2 aromatic carbocycles. The van der Waals surface area contributed by atoms with Gasteiger partial charge in [0.05, 0.1) is 23.2 Å². The van der Waals surface area contributed by atoms with Crippen LogP contribution in [0.25, 0.3) is 0 Å². The van der Waals surface area contributed by atoms with Crippen molar-refractivity contribution in [2.45, 2.75) is 20.3 Å². The van der Waals surface area contributed by atoms with Crippen LogP contribution in [-0.2, 0) is 9.59 Å². The zero-order valence-corrected chi connectivity index (χ0v) is 15.2. The second kappa shape index (κ2) is 6.79. The van der Waals surface area contributed by atoms with Crippen molar-refractivity contribution >= 4 is 34.6 Å². The van der Waals surface area contributed by atoms with Gasteiger partial charge in [0.1, 0.15) is 0 Å². The molecule has 2 aromatic rings. The van der Waals surface area contributed by atoms with E-state index in [1.54, 1.807) is 0 Å². The van der Waals surface area contributed by atoms with E-state index in [0.717, 1.165) is 22.8 Å². The van der Waals surface area contributed by atoms with Gasteiger partial charge in [0, 0.05) is 11.4 Å². The zero-order chi connectivity index (χ0) is 19.0. The topological polar surface area (TPSA) is 65.3 Å². The van der Waals surface area contributed by atoms with E-state index in [0.29, 0.717) is 6.42 Å². The van der Waals surface area contributed by atoms with Crippen LogP contribution in [0.15, 0.2) is 70.9 Å². The molecule has 6 nitrogen and oxygen atoms in total. The Morgan fingerprint density at radius 1 is 0.704 bits per heavy atom. The van der Waals surface area contributed by atoms with Gasteiger partial charge in [-0.2, -0.15) is 10.2 Å². The lowest BCUT2D eigenvalue weighted by Gasteiger charge is -2.18. The van der Waals surface area contributed by atoms with Crippen molar-refractivity contribution in [3.63, 3.8) is 0 Å². The predicted octanol–water partition coefficient (Wildman–Crippen LogP) is 3.45. The number of para-hydroxylation sites is 2. The molecule has 0 spiro atoms. The van der Waals surface area contributed by atoms with Gasteiger partial charge in [0.25, 0.3) is 11.8 Å². The molecule has 0 saturated heterocycles. The van der Waals surface area contributed by atoms with E-state index in [-0.39, 0.29) is 11.8 Å². The number of carbonyl (C=O) groups is 2. The summed E-state index contributed by atoms with van der Waals surface area (Å²) in [7, 11) is 0. The molecule has 2 heterocycles. The third-order valence-corrected chi connectivity index (χ3v) is 5.01. The zero-order valence-electron chi connectivity index (χ0n) is 15.2. The third kappa shape index (κ3) is 3.03. The van der Waals surface area contributed by atoms with Gasteiger partial charge < -0.3 is 0 Å². The molecule has 2 unspecified atom stereocenters. The van der Waals surface area contributed by atoms with Crippen molar-refractivity contribution in [2.75, 3.05) is 10.0 Å². The number of benzene rings is 2. The van der Waals surface area contributed by atoms with E-state index >= 15 is 0 Å². The Kier molecular flexibility index (Phi) is 4.32. The highest BCUT2D eigenvalue weighted by molar-refractivity contribution is 6.18. The monoisotopic (exact) mass is 360 g/mol. The van der Waals surface area contributed by atoms with Gasteiger partial charge >= 0.3 is 0 Å². The lowest BCUT2D eigenvalue weighted by Crippen LogP contribution is -2.33. The van der Waals surface area contributed by atoms with Crippen molar-refractivity contribution in [3.8, 4) is 0 Å². The van der Waals surface area contributed by atoms with Crippen LogP contribution in [0.1, 0.15) is 20.3 Å². The second-order valence-corrected chi connectivity index (χ2v) is 6.79. The van der Waals surface area contributed by atoms with Crippen molar-refractivity contribution in [1.29, 1.82) is 0 Å². The first-order valence-electron chi connectivity index (χ1n) is 8.94. The molecular weight excluding hydrogens is 340 g/mol.